The third-order valence-electron chi connectivity index (χ3n) is 3.38. The number of benzene rings is 1. The van der Waals surface area contributed by atoms with E-state index in [1.807, 2.05) is 0 Å². The van der Waals surface area contributed by atoms with Gasteiger partial charge in [0.1, 0.15) is 5.75 Å². The van der Waals surface area contributed by atoms with Crippen molar-refractivity contribution < 1.29 is 30.9 Å². The van der Waals surface area contributed by atoms with Crippen molar-refractivity contribution >= 4 is 21.7 Å². The molecule has 3 rings (SSSR count). The molecule has 0 saturated carbocycles. The Morgan fingerprint density at radius 3 is 2.39 bits per heavy atom. The molecule has 0 aliphatic heterocycles. The molecule has 0 fully saturated rings. The Kier molecular flexibility index (Phi) is 4.99. The summed E-state index contributed by atoms with van der Waals surface area (Å²) < 4.78 is 76.0. The molecule has 0 amide bonds. The summed E-state index contributed by atoms with van der Waals surface area (Å²) in [6, 6.07) is 6.03. The van der Waals surface area contributed by atoms with Crippen LogP contribution in [0.2, 0.25) is 5.02 Å². The SMILES string of the molecule is COc1ccc(-c2nc(C(F)(F)F)nn2-c2ccc(S(=O)(=O)O)nn2)cc1Cl. The maximum Gasteiger partial charge on any atom is 0.453 e. The van der Waals surface area contributed by atoms with E-state index in [2.05, 4.69) is 20.3 Å². The molecule has 0 unspecified atom stereocenters. The lowest BCUT2D eigenvalue weighted by Crippen LogP contribution is -2.10. The quantitative estimate of drug-likeness (QED) is 0.621. The monoisotopic (exact) mass is 435 g/mol. The Morgan fingerprint density at radius 2 is 1.89 bits per heavy atom. The Hall–Kier alpha value is -2.77. The normalized spacial score (nSPS) is 12.2. The Balaban J connectivity index is 2.18. The van der Waals surface area contributed by atoms with Gasteiger partial charge in [-0.05, 0) is 30.3 Å². The minimum atomic E-state index is -4.85. The molecule has 0 radical (unpaired) electrons. The van der Waals surface area contributed by atoms with Gasteiger partial charge in [-0.3, -0.25) is 4.55 Å². The van der Waals surface area contributed by atoms with Gasteiger partial charge in [-0.15, -0.1) is 15.3 Å². The van der Waals surface area contributed by atoms with Crippen LogP contribution in [0.5, 0.6) is 5.75 Å². The van der Waals surface area contributed by atoms with E-state index in [9.17, 15) is 21.6 Å². The zero-order valence-electron chi connectivity index (χ0n) is 13.7. The van der Waals surface area contributed by atoms with Gasteiger partial charge in [0, 0.05) is 5.56 Å². The molecule has 9 nitrogen and oxygen atoms in total. The second kappa shape index (κ2) is 7.00. The number of hydrogen-bond donors (Lipinski definition) is 1. The molecule has 0 spiro atoms. The highest BCUT2D eigenvalue weighted by Crippen LogP contribution is 2.33. The summed E-state index contributed by atoms with van der Waals surface area (Å²) in [5.41, 5.74) is 0.162. The van der Waals surface area contributed by atoms with Gasteiger partial charge in [-0.1, -0.05) is 11.6 Å². The van der Waals surface area contributed by atoms with E-state index in [1.54, 1.807) is 0 Å². The van der Waals surface area contributed by atoms with E-state index in [0.29, 0.717) is 5.75 Å². The van der Waals surface area contributed by atoms with Crippen molar-refractivity contribution in [2.45, 2.75) is 11.2 Å². The van der Waals surface area contributed by atoms with Crippen LogP contribution in [-0.2, 0) is 16.3 Å². The fourth-order valence-electron chi connectivity index (χ4n) is 2.15. The smallest absolute Gasteiger partial charge is 0.453 e. The lowest BCUT2D eigenvalue weighted by Gasteiger charge is -2.07. The van der Waals surface area contributed by atoms with Gasteiger partial charge in [0.25, 0.3) is 5.82 Å². The lowest BCUT2D eigenvalue weighted by molar-refractivity contribution is -0.144. The standard InChI is InChI=1S/C14H9ClF3N5O4S/c1-27-9-3-2-7(6-8(9)15)12-19-13(14(16,17)18)22-23(12)10-4-5-11(21-20-10)28(24,25)26/h2-6H,1H3,(H,24,25,26). The van der Waals surface area contributed by atoms with Crippen LogP contribution in [0.25, 0.3) is 17.2 Å². The second-order valence-corrected chi connectivity index (χ2v) is 7.00. The number of alkyl halides is 3. The predicted octanol–water partition coefficient (Wildman–Crippen LogP) is 2.65. The fourth-order valence-corrected chi connectivity index (χ4v) is 2.79. The largest absolute Gasteiger partial charge is 0.495 e. The number of aromatic nitrogens is 5. The van der Waals surface area contributed by atoms with Crippen LogP contribution in [0.15, 0.2) is 35.4 Å². The van der Waals surface area contributed by atoms with Gasteiger partial charge in [0.2, 0.25) is 5.03 Å². The van der Waals surface area contributed by atoms with Gasteiger partial charge in [0.05, 0.1) is 12.1 Å². The first kappa shape index (κ1) is 20.0. The topological polar surface area (TPSA) is 120 Å². The molecule has 0 aliphatic carbocycles. The van der Waals surface area contributed by atoms with Gasteiger partial charge in [-0.25, -0.2) is 4.98 Å². The summed E-state index contributed by atoms with van der Waals surface area (Å²) in [7, 11) is -3.25. The number of halogens is 4. The number of methoxy groups -OCH3 is 1. The summed E-state index contributed by atoms with van der Waals surface area (Å²) >= 11 is 6.02. The number of hydrogen-bond acceptors (Lipinski definition) is 7. The summed E-state index contributed by atoms with van der Waals surface area (Å²) in [6.07, 6.45) is -4.85. The van der Waals surface area contributed by atoms with E-state index in [1.165, 1.54) is 25.3 Å². The molecule has 148 valence electrons. The predicted molar refractivity (Wildman–Crippen MR) is 88.8 cm³/mol. The number of ether oxygens (including phenoxy) is 1. The molecule has 28 heavy (non-hydrogen) atoms. The average Bonchev–Trinajstić information content (AvgIpc) is 3.07. The first-order valence-corrected chi connectivity index (χ1v) is 9.02. The molecule has 2 aromatic heterocycles. The molecule has 0 saturated heterocycles. The lowest BCUT2D eigenvalue weighted by atomic mass is 10.2. The van der Waals surface area contributed by atoms with Crippen molar-refractivity contribution in [2.75, 3.05) is 7.11 Å². The van der Waals surface area contributed by atoms with E-state index in [-0.39, 0.29) is 22.2 Å². The van der Waals surface area contributed by atoms with Crippen molar-refractivity contribution in [3.63, 3.8) is 0 Å². The highest BCUT2D eigenvalue weighted by Gasteiger charge is 2.37. The van der Waals surface area contributed by atoms with Crippen molar-refractivity contribution in [3.05, 3.63) is 41.2 Å². The van der Waals surface area contributed by atoms with Gasteiger partial charge in [0.15, 0.2) is 11.6 Å². The average molecular weight is 436 g/mol. The van der Waals surface area contributed by atoms with Crippen molar-refractivity contribution in [2.24, 2.45) is 0 Å². The van der Waals surface area contributed by atoms with Crippen LogP contribution in [0.4, 0.5) is 13.2 Å². The molecule has 0 bridgehead atoms. The van der Waals surface area contributed by atoms with E-state index in [0.717, 1.165) is 16.8 Å². The van der Waals surface area contributed by atoms with Gasteiger partial charge < -0.3 is 4.74 Å². The minimum absolute atomic E-state index is 0.121. The van der Waals surface area contributed by atoms with Crippen LogP contribution in [0.3, 0.4) is 0 Å². The van der Waals surface area contributed by atoms with Crippen molar-refractivity contribution in [1.29, 1.82) is 0 Å². The highest BCUT2D eigenvalue weighted by molar-refractivity contribution is 7.85. The fraction of sp³-hybridized carbons (Fsp3) is 0.143. The molecular weight excluding hydrogens is 427 g/mol. The van der Waals surface area contributed by atoms with E-state index in [4.69, 9.17) is 20.9 Å². The molecule has 0 aliphatic rings. The maximum atomic E-state index is 13.1. The molecule has 14 heteroatoms. The van der Waals surface area contributed by atoms with Crippen LogP contribution in [0.1, 0.15) is 5.82 Å². The third kappa shape index (κ3) is 3.90. The van der Waals surface area contributed by atoms with Crippen molar-refractivity contribution in [1.82, 2.24) is 25.0 Å². The first-order valence-electron chi connectivity index (χ1n) is 7.20. The molecule has 0 atom stereocenters. The summed E-state index contributed by atoms with van der Waals surface area (Å²) in [5.74, 6) is -1.69. The third-order valence-corrected chi connectivity index (χ3v) is 4.42. The maximum absolute atomic E-state index is 13.1. The first-order chi connectivity index (χ1) is 13.0. The van der Waals surface area contributed by atoms with Crippen LogP contribution in [-0.4, -0.2) is 45.0 Å². The zero-order valence-corrected chi connectivity index (χ0v) is 15.3. The molecule has 1 N–H and O–H groups in total. The van der Waals surface area contributed by atoms with E-state index < -0.39 is 27.1 Å². The molecule has 3 aromatic rings. The van der Waals surface area contributed by atoms with Crippen molar-refractivity contribution in [3.8, 4) is 23.0 Å². The Morgan fingerprint density at radius 1 is 1.18 bits per heavy atom. The summed E-state index contributed by atoms with van der Waals surface area (Å²) in [6.45, 7) is 0. The summed E-state index contributed by atoms with van der Waals surface area (Å²) in [4.78, 5) is 3.49. The number of nitrogens with zero attached hydrogens (tertiary/aromatic N) is 5. The van der Waals surface area contributed by atoms with E-state index >= 15 is 0 Å². The molecular formula is C14H9ClF3N5O4S. The highest BCUT2D eigenvalue weighted by atomic mass is 35.5. The van der Waals surface area contributed by atoms with Crippen LogP contribution < -0.4 is 4.74 Å². The Labute approximate surface area is 160 Å². The van der Waals surface area contributed by atoms with Gasteiger partial charge >= 0.3 is 16.3 Å². The Bertz CT molecular complexity index is 1130. The summed E-state index contributed by atoms with van der Waals surface area (Å²) in [5, 5.41) is 9.50. The van der Waals surface area contributed by atoms with Gasteiger partial charge in [-0.2, -0.15) is 26.3 Å². The van der Waals surface area contributed by atoms with Crippen LogP contribution in [0, 0.1) is 0 Å². The second-order valence-electron chi connectivity index (χ2n) is 5.22. The van der Waals surface area contributed by atoms with Crippen LogP contribution >= 0.6 is 11.6 Å². The molecule has 1 aromatic carbocycles. The minimum Gasteiger partial charge on any atom is -0.495 e. The molecule has 2 heterocycles. The zero-order chi connectivity index (χ0) is 20.7. The number of rotatable bonds is 4.